The fourth-order valence-electron chi connectivity index (χ4n) is 4.56. The van der Waals surface area contributed by atoms with Crippen molar-refractivity contribution in [3.63, 3.8) is 0 Å². The molecule has 4 rings (SSSR count). The Kier molecular flexibility index (Phi) is 6.65. The van der Waals surface area contributed by atoms with Gasteiger partial charge in [-0.1, -0.05) is 18.9 Å². The van der Waals surface area contributed by atoms with Crippen molar-refractivity contribution in [3.8, 4) is 0 Å². The fourth-order valence-corrected chi connectivity index (χ4v) is 5.02. The van der Waals surface area contributed by atoms with Crippen LogP contribution in [0, 0.1) is 11.8 Å². The normalized spacial score (nSPS) is 24.0. The van der Waals surface area contributed by atoms with E-state index in [-0.39, 0.29) is 41.5 Å². The van der Waals surface area contributed by atoms with Crippen molar-refractivity contribution in [3.05, 3.63) is 29.8 Å². The highest BCUT2D eigenvalue weighted by atomic mass is 32.2. The Bertz CT molecular complexity index is 861. The van der Waals surface area contributed by atoms with E-state index >= 15 is 0 Å². The highest BCUT2D eigenvalue weighted by Crippen LogP contribution is 2.39. The zero-order valence-corrected chi connectivity index (χ0v) is 18.6. The molecular weight excluding hydrogens is 414 g/mol. The molecule has 7 nitrogen and oxygen atoms in total. The van der Waals surface area contributed by atoms with E-state index in [9.17, 15) is 19.2 Å². The number of carbonyl (C=O) groups excluding carboxylic acids is 4. The molecule has 0 spiro atoms. The molecule has 1 aromatic rings. The monoisotopic (exact) mass is 443 g/mol. The van der Waals surface area contributed by atoms with Gasteiger partial charge >= 0.3 is 0 Å². The average Bonchev–Trinajstić information content (AvgIpc) is 3.55. The highest BCUT2D eigenvalue weighted by molar-refractivity contribution is 7.98. The zero-order chi connectivity index (χ0) is 22.0. The van der Waals surface area contributed by atoms with Crippen molar-refractivity contribution < 1.29 is 19.2 Å². The number of likely N-dealkylation sites (tertiary alicyclic amines) is 1. The molecule has 1 saturated heterocycles. The number of benzene rings is 1. The van der Waals surface area contributed by atoms with E-state index in [1.54, 1.807) is 36.0 Å². The number of nitrogens with one attached hydrogen (secondary N) is 2. The van der Waals surface area contributed by atoms with Gasteiger partial charge in [-0.25, -0.2) is 0 Å². The maximum atomic E-state index is 13.2. The van der Waals surface area contributed by atoms with Crippen molar-refractivity contribution in [2.24, 2.45) is 11.8 Å². The molecule has 2 saturated carbocycles. The summed E-state index contributed by atoms with van der Waals surface area (Å²) in [5, 5.41) is 5.77. The summed E-state index contributed by atoms with van der Waals surface area (Å²) in [7, 11) is 0. The van der Waals surface area contributed by atoms with Crippen LogP contribution < -0.4 is 10.6 Å². The first-order valence-electron chi connectivity index (χ1n) is 11.1. The van der Waals surface area contributed by atoms with Gasteiger partial charge in [-0.2, -0.15) is 11.8 Å². The number of thioether (sulfide) groups is 1. The third-order valence-corrected chi connectivity index (χ3v) is 7.03. The van der Waals surface area contributed by atoms with Gasteiger partial charge in [0, 0.05) is 17.3 Å². The summed E-state index contributed by atoms with van der Waals surface area (Å²) in [5.74, 6) is -0.836. The van der Waals surface area contributed by atoms with Gasteiger partial charge in [0.25, 0.3) is 5.91 Å². The number of rotatable bonds is 8. The Morgan fingerprint density at radius 2 is 1.77 bits per heavy atom. The molecular formula is C23H29N3O4S. The van der Waals surface area contributed by atoms with E-state index in [4.69, 9.17) is 0 Å². The molecule has 3 aliphatic rings. The third kappa shape index (κ3) is 4.79. The molecule has 3 fully saturated rings. The highest BCUT2D eigenvalue weighted by Gasteiger charge is 2.51. The van der Waals surface area contributed by atoms with Crippen LogP contribution in [0.3, 0.4) is 0 Å². The number of hydrogen-bond acceptors (Lipinski definition) is 5. The third-order valence-electron chi connectivity index (χ3n) is 6.39. The molecule has 2 aliphatic carbocycles. The first-order chi connectivity index (χ1) is 15.0. The summed E-state index contributed by atoms with van der Waals surface area (Å²) in [5.41, 5.74) is 0.962. The molecule has 1 heterocycles. The Morgan fingerprint density at radius 1 is 1.10 bits per heavy atom. The van der Waals surface area contributed by atoms with Crippen LogP contribution in [-0.4, -0.2) is 52.6 Å². The number of anilines is 1. The standard InChI is InChI=1S/C23H29N3O4S/c1-31-12-11-19(26-22(29)17-7-2-3-8-18(17)23(26)30)21(28)25-16-6-4-5-14(13-16)20(27)24-15-9-10-15/h4-6,13,15,17-19H,2-3,7-12H2,1H3,(H,24,27)(H,25,28)/t17-,18+,19-/m1/s1. The Labute approximate surface area is 186 Å². The molecule has 0 radical (unpaired) electrons. The van der Waals surface area contributed by atoms with Crippen molar-refractivity contribution in [1.82, 2.24) is 10.2 Å². The Hall–Kier alpha value is -2.35. The summed E-state index contributed by atoms with van der Waals surface area (Å²) >= 11 is 1.58. The predicted molar refractivity (Wildman–Crippen MR) is 120 cm³/mol. The largest absolute Gasteiger partial charge is 0.349 e. The van der Waals surface area contributed by atoms with Crippen molar-refractivity contribution in [2.75, 3.05) is 17.3 Å². The molecule has 4 amide bonds. The lowest BCUT2D eigenvalue weighted by molar-refractivity contribution is -0.146. The van der Waals surface area contributed by atoms with Crippen molar-refractivity contribution in [2.45, 2.75) is 57.0 Å². The second-order valence-corrected chi connectivity index (χ2v) is 9.64. The quantitative estimate of drug-likeness (QED) is 0.603. The van der Waals surface area contributed by atoms with E-state index in [0.29, 0.717) is 23.4 Å². The molecule has 8 heteroatoms. The minimum atomic E-state index is -0.831. The van der Waals surface area contributed by atoms with Gasteiger partial charge in [0.15, 0.2) is 0 Å². The van der Waals surface area contributed by atoms with E-state index in [2.05, 4.69) is 10.6 Å². The number of hydrogen-bond donors (Lipinski definition) is 2. The van der Waals surface area contributed by atoms with Gasteiger partial charge in [0.2, 0.25) is 17.7 Å². The first-order valence-corrected chi connectivity index (χ1v) is 12.5. The summed E-state index contributed by atoms with van der Waals surface area (Å²) in [4.78, 5) is 52.8. The maximum absolute atomic E-state index is 13.2. The zero-order valence-electron chi connectivity index (χ0n) is 17.8. The maximum Gasteiger partial charge on any atom is 0.251 e. The summed E-state index contributed by atoms with van der Waals surface area (Å²) < 4.78 is 0. The van der Waals surface area contributed by atoms with Crippen LogP contribution in [0.4, 0.5) is 5.69 Å². The van der Waals surface area contributed by atoms with Crippen molar-refractivity contribution >= 4 is 41.1 Å². The van der Waals surface area contributed by atoms with Crippen LogP contribution in [-0.2, 0) is 14.4 Å². The number of fused-ring (bicyclic) bond motifs is 1. The second kappa shape index (κ2) is 9.42. The lowest BCUT2D eigenvalue weighted by atomic mass is 9.81. The second-order valence-electron chi connectivity index (χ2n) is 8.66. The number of amides is 4. The van der Waals surface area contributed by atoms with Gasteiger partial charge in [-0.15, -0.1) is 0 Å². The van der Waals surface area contributed by atoms with Gasteiger partial charge in [0.1, 0.15) is 6.04 Å². The van der Waals surface area contributed by atoms with Gasteiger partial charge in [-0.05, 0) is 62.3 Å². The summed E-state index contributed by atoms with van der Waals surface area (Å²) in [6.07, 6.45) is 7.69. The van der Waals surface area contributed by atoms with Crippen LogP contribution >= 0.6 is 11.8 Å². The van der Waals surface area contributed by atoms with Crippen LogP contribution in [0.2, 0.25) is 0 Å². The van der Waals surface area contributed by atoms with Gasteiger partial charge in [-0.3, -0.25) is 24.1 Å². The predicted octanol–water partition coefficient (Wildman–Crippen LogP) is 2.81. The van der Waals surface area contributed by atoms with Crippen molar-refractivity contribution in [1.29, 1.82) is 0 Å². The van der Waals surface area contributed by atoms with Gasteiger partial charge < -0.3 is 10.6 Å². The minimum absolute atomic E-state index is 0.161. The van der Waals surface area contributed by atoms with Crippen LogP contribution in [0.5, 0.6) is 0 Å². The van der Waals surface area contributed by atoms with Crippen LogP contribution in [0.15, 0.2) is 24.3 Å². The molecule has 1 aliphatic heterocycles. The number of carbonyl (C=O) groups is 4. The minimum Gasteiger partial charge on any atom is -0.349 e. The Balaban J connectivity index is 1.50. The summed E-state index contributed by atoms with van der Waals surface area (Å²) in [6, 6.07) is 6.19. The van der Waals surface area contributed by atoms with E-state index in [1.807, 2.05) is 6.26 Å². The smallest absolute Gasteiger partial charge is 0.251 e. The SMILES string of the molecule is CSCC[C@H](C(=O)Nc1cccc(C(=O)NC2CC2)c1)N1C(=O)[C@H]2CCCC[C@H]2C1=O. The van der Waals surface area contributed by atoms with E-state index in [1.165, 1.54) is 4.90 Å². The lowest BCUT2D eigenvalue weighted by Gasteiger charge is -2.26. The molecule has 0 unspecified atom stereocenters. The summed E-state index contributed by atoms with van der Waals surface area (Å²) in [6.45, 7) is 0. The average molecular weight is 444 g/mol. The van der Waals surface area contributed by atoms with E-state index in [0.717, 1.165) is 38.5 Å². The first kappa shape index (κ1) is 21.9. The molecule has 166 valence electrons. The molecule has 0 bridgehead atoms. The van der Waals surface area contributed by atoms with Crippen LogP contribution in [0.1, 0.15) is 55.3 Å². The topological polar surface area (TPSA) is 95.6 Å². The number of nitrogens with zero attached hydrogens (tertiary/aromatic N) is 1. The Morgan fingerprint density at radius 3 is 2.39 bits per heavy atom. The fraction of sp³-hybridized carbons (Fsp3) is 0.565. The van der Waals surface area contributed by atoms with E-state index < -0.39 is 6.04 Å². The molecule has 1 aromatic carbocycles. The molecule has 3 atom stereocenters. The molecule has 31 heavy (non-hydrogen) atoms. The van der Waals surface area contributed by atoms with Gasteiger partial charge in [0.05, 0.1) is 11.8 Å². The lowest BCUT2D eigenvalue weighted by Crippen LogP contribution is -2.48. The molecule has 2 N–H and O–H groups in total. The molecule has 0 aromatic heterocycles. The van der Waals surface area contributed by atoms with Crippen LogP contribution in [0.25, 0.3) is 0 Å². The number of imide groups is 1.